The molecule has 2 rings (SSSR count). The molecular formula is C14H22BrClN4O2. The predicted molar refractivity (Wildman–Crippen MR) is 91.3 cm³/mol. The quantitative estimate of drug-likeness (QED) is 0.732. The lowest BCUT2D eigenvalue weighted by Gasteiger charge is -2.23. The van der Waals surface area contributed by atoms with Gasteiger partial charge in [0.25, 0.3) is 0 Å². The maximum Gasteiger partial charge on any atom is 0.410 e. The van der Waals surface area contributed by atoms with Crippen molar-refractivity contribution in [3.8, 4) is 0 Å². The van der Waals surface area contributed by atoms with E-state index in [1.54, 1.807) is 18.1 Å². The summed E-state index contributed by atoms with van der Waals surface area (Å²) >= 11 is 8.76. The molecule has 22 heavy (non-hydrogen) atoms. The van der Waals surface area contributed by atoms with Crippen molar-refractivity contribution in [2.75, 3.05) is 25.5 Å². The highest BCUT2D eigenvalue weighted by Crippen LogP contribution is 2.18. The highest BCUT2D eigenvalue weighted by molar-refractivity contribution is 9.10. The molecule has 6 nitrogen and oxygen atoms in total. The van der Waals surface area contributed by atoms with Crippen LogP contribution in [0.3, 0.4) is 0 Å². The molecule has 0 unspecified atom stereocenters. The minimum absolute atomic E-state index is 0.167. The van der Waals surface area contributed by atoms with Gasteiger partial charge in [0.05, 0.1) is 4.47 Å². The molecule has 8 heteroatoms. The molecule has 0 atom stereocenters. The lowest BCUT2D eigenvalue weighted by atomic mass is 10.2. The summed E-state index contributed by atoms with van der Waals surface area (Å²) in [6.45, 7) is 7.38. The van der Waals surface area contributed by atoms with Crippen LogP contribution in [0.2, 0.25) is 5.28 Å². The van der Waals surface area contributed by atoms with Gasteiger partial charge in [0.2, 0.25) is 5.28 Å². The zero-order chi connectivity index (χ0) is 16.8. The van der Waals surface area contributed by atoms with Gasteiger partial charge in [0, 0.05) is 26.3 Å². The van der Waals surface area contributed by atoms with E-state index in [1.807, 2.05) is 20.8 Å². The van der Waals surface area contributed by atoms with Crippen molar-refractivity contribution in [3.63, 3.8) is 0 Å². The standard InChI is InChI=1S/C9H17NO2.C5H5BrClN3/c1-9(2,3)12-8(11)10-6-4-5-7-10;1-8-4-3(6)2-9-5(7)10-4/h4-7H2,1-3H3;2H,1H3,(H,8,9,10). The summed E-state index contributed by atoms with van der Waals surface area (Å²) in [5, 5.41) is 3.10. The van der Waals surface area contributed by atoms with Gasteiger partial charge in [0.1, 0.15) is 11.4 Å². The van der Waals surface area contributed by atoms with Crippen molar-refractivity contribution in [2.45, 2.75) is 39.2 Å². The summed E-state index contributed by atoms with van der Waals surface area (Å²) in [7, 11) is 1.77. The molecule has 1 amide bonds. The molecule has 0 aromatic carbocycles. The number of nitrogens with zero attached hydrogens (tertiary/aromatic N) is 3. The van der Waals surface area contributed by atoms with Crippen LogP contribution in [0.5, 0.6) is 0 Å². The molecule has 0 radical (unpaired) electrons. The molecule has 0 spiro atoms. The van der Waals surface area contributed by atoms with Crippen LogP contribution in [0, 0.1) is 0 Å². The van der Waals surface area contributed by atoms with Gasteiger partial charge in [-0.05, 0) is 61.1 Å². The Labute approximate surface area is 144 Å². The first-order chi connectivity index (χ1) is 10.2. The zero-order valence-electron chi connectivity index (χ0n) is 13.3. The Hall–Kier alpha value is -1.08. The number of halogens is 2. The summed E-state index contributed by atoms with van der Waals surface area (Å²) in [4.78, 5) is 20.8. The average molecular weight is 394 g/mol. The number of likely N-dealkylation sites (tertiary alicyclic amines) is 1. The van der Waals surface area contributed by atoms with E-state index in [0.717, 1.165) is 30.4 Å². The molecule has 1 aromatic heterocycles. The number of aromatic nitrogens is 2. The van der Waals surface area contributed by atoms with Crippen LogP contribution in [-0.2, 0) is 4.74 Å². The van der Waals surface area contributed by atoms with Crippen LogP contribution in [0.1, 0.15) is 33.6 Å². The molecule has 1 saturated heterocycles. The van der Waals surface area contributed by atoms with E-state index in [4.69, 9.17) is 16.3 Å². The number of hydrogen-bond acceptors (Lipinski definition) is 5. The SMILES string of the molecule is CC(C)(C)OC(=O)N1CCCC1.CNc1nc(Cl)ncc1Br. The van der Waals surface area contributed by atoms with Gasteiger partial charge in [-0.15, -0.1) is 0 Å². The second kappa shape index (κ2) is 8.53. The number of anilines is 1. The molecule has 0 saturated carbocycles. The van der Waals surface area contributed by atoms with E-state index in [0.29, 0.717) is 5.82 Å². The average Bonchev–Trinajstić information content (AvgIpc) is 2.94. The maximum absolute atomic E-state index is 11.4. The number of ether oxygens (including phenoxy) is 1. The third-order valence-electron chi connectivity index (χ3n) is 2.71. The van der Waals surface area contributed by atoms with Crippen LogP contribution in [0.15, 0.2) is 10.7 Å². The third-order valence-corrected chi connectivity index (χ3v) is 3.47. The second-order valence-electron chi connectivity index (χ2n) is 5.76. The van der Waals surface area contributed by atoms with Crippen molar-refractivity contribution in [1.82, 2.24) is 14.9 Å². The second-order valence-corrected chi connectivity index (χ2v) is 6.95. The van der Waals surface area contributed by atoms with E-state index in [1.165, 1.54) is 0 Å². The molecule has 2 heterocycles. The van der Waals surface area contributed by atoms with Crippen molar-refractivity contribution < 1.29 is 9.53 Å². The fraction of sp³-hybridized carbons (Fsp3) is 0.643. The molecule has 0 bridgehead atoms. The fourth-order valence-corrected chi connectivity index (χ4v) is 2.27. The van der Waals surface area contributed by atoms with Gasteiger partial charge in [-0.2, -0.15) is 4.98 Å². The van der Waals surface area contributed by atoms with Crippen molar-refractivity contribution in [1.29, 1.82) is 0 Å². The Kier molecular flexibility index (Phi) is 7.35. The zero-order valence-corrected chi connectivity index (χ0v) is 15.7. The van der Waals surface area contributed by atoms with Crippen LogP contribution >= 0.6 is 27.5 Å². The first-order valence-corrected chi connectivity index (χ1v) is 8.24. The predicted octanol–water partition coefficient (Wildman–Crippen LogP) is 3.95. The number of carbonyl (C=O) groups is 1. The third kappa shape index (κ3) is 6.79. The fourth-order valence-electron chi connectivity index (χ4n) is 1.75. The molecule has 0 aliphatic carbocycles. The molecule has 1 N–H and O–H groups in total. The highest BCUT2D eigenvalue weighted by atomic mass is 79.9. The first kappa shape index (κ1) is 19.0. The van der Waals surface area contributed by atoms with Gasteiger partial charge < -0.3 is 15.0 Å². The van der Waals surface area contributed by atoms with Crippen molar-refractivity contribution >= 4 is 39.4 Å². The van der Waals surface area contributed by atoms with E-state index in [2.05, 4.69) is 31.2 Å². The molecule has 1 aromatic rings. The molecule has 124 valence electrons. The summed E-state index contributed by atoms with van der Waals surface area (Å²) < 4.78 is 6.01. The van der Waals surface area contributed by atoms with E-state index < -0.39 is 0 Å². The molecule has 1 aliphatic rings. The van der Waals surface area contributed by atoms with E-state index in [9.17, 15) is 4.79 Å². The topological polar surface area (TPSA) is 67.3 Å². The Balaban J connectivity index is 0.000000224. The van der Waals surface area contributed by atoms with Crippen LogP contribution < -0.4 is 5.32 Å². The minimum Gasteiger partial charge on any atom is -0.444 e. The number of amides is 1. The van der Waals surface area contributed by atoms with Crippen LogP contribution in [-0.4, -0.2) is 46.7 Å². The lowest BCUT2D eigenvalue weighted by Crippen LogP contribution is -2.34. The summed E-state index contributed by atoms with van der Waals surface area (Å²) in [5.41, 5.74) is -0.361. The van der Waals surface area contributed by atoms with Gasteiger partial charge in [-0.25, -0.2) is 9.78 Å². The molecule has 1 aliphatic heterocycles. The Morgan fingerprint density at radius 1 is 1.41 bits per heavy atom. The minimum atomic E-state index is -0.361. The molecular weight excluding hydrogens is 372 g/mol. The van der Waals surface area contributed by atoms with Crippen molar-refractivity contribution in [2.24, 2.45) is 0 Å². The number of rotatable bonds is 1. The summed E-state index contributed by atoms with van der Waals surface area (Å²) in [5.74, 6) is 0.694. The highest BCUT2D eigenvalue weighted by Gasteiger charge is 2.23. The lowest BCUT2D eigenvalue weighted by molar-refractivity contribution is 0.0295. The number of carbonyl (C=O) groups excluding carboxylic acids is 1. The van der Waals surface area contributed by atoms with Crippen LogP contribution in [0.25, 0.3) is 0 Å². The Bertz CT molecular complexity index is 502. The van der Waals surface area contributed by atoms with Gasteiger partial charge in [-0.3, -0.25) is 0 Å². The molecule has 1 fully saturated rings. The van der Waals surface area contributed by atoms with E-state index in [-0.39, 0.29) is 17.0 Å². The maximum atomic E-state index is 11.4. The van der Waals surface area contributed by atoms with Gasteiger partial charge in [0.15, 0.2) is 0 Å². The smallest absolute Gasteiger partial charge is 0.410 e. The van der Waals surface area contributed by atoms with Crippen LogP contribution in [0.4, 0.5) is 10.6 Å². The van der Waals surface area contributed by atoms with E-state index >= 15 is 0 Å². The monoisotopic (exact) mass is 392 g/mol. The summed E-state index contributed by atoms with van der Waals surface area (Å²) in [6.07, 6.45) is 3.65. The van der Waals surface area contributed by atoms with Crippen molar-refractivity contribution in [3.05, 3.63) is 16.0 Å². The summed E-state index contributed by atoms with van der Waals surface area (Å²) in [6, 6.07) is 0. The largest absolute Gasteiger partial charge is 0.444 e. The Morgan fingerprint density at radius 3 is 2.45 bits per heavy atom. The number of nitrogens with one attached hydrogen (secondary N) is 1. The first-order valence-electron chi connectivity index (χ1n) is 7.06. The Morgan fingerprint density at radius 2 is 2.00 bits per heavy atom. The normalized spacial score (nSPS) is 14.2. The number of hydrogen-bond donors (Lipinski definition) is 1. The van der Waals surface area contributed by atoms with Gasteiger partial charge >= 0.3 is 6.09 Å². The van der Waals surface area contributed by atoms with Gasteiger partial charge in [-0.1, -0.05) is 0 Å².